The molecule has 0 aromatic heterocycles. The van der Waals surface area contributed by atoms with Crippen molar-refractivity contribution < 1.29 is 29.0 Å². The number of piperidine rings is 1. The highest BCUT2D eigenvalue weighted by Gasteiger charge is 2.39. The first-order valence-electron chi connectivity index (χ1n) is 21.2. The number of ether oxygens (including phenoxy) is 1. The van der Waals surface area contributed by atoms with Gasteiger partial charge in [0.1, 0.15) is 24.1 Å². The molecule has 0 spiro atoms. The van der Waals surface area contributed by atoms with Gasteiger partial charge in [-0.25, -0.2) is 0 Å². The largest absolute Gasteiger partial charge is 0.508 e. The Morgan fingerprint density at radius 2 is 1.52 bits per heavy atom. The minimum absolute atomic E-state index is 0.172. The highest BCUT2D eigenvalue weighted by atomic mass is 35.5. The lowest BCUT2D eigenvalue weighted by Gasteiger charge is -2.34. The molecule has 3 aliphatic rings. The number of allylic oxidation sites excluding steroid dienone is 1. The third kappa shape index (κ3) is 10.6. The van der Waals surface area contributed by atoms with E-state index in [-0.39, 0.29) is 29.9 Å². The number of carbonyl (C=O) groups excluding carboxylic acids is 4. The van der Waals surface area contributed by atoms with E-state index >= 15 is 0 Å². The Hall–Kier alpha value is -5.65. The summed E-state index contributed by atoms with van der Waals surface area (Å²) >= 11 is 6.31. The van der Waals surface area contributed by atoms with Crippen LogP contribution in [0.4, 0.5) is 5.69 Å². The predicted molar refractivity (Wildman–Crippen MR) is 235 cm³/mol. The molecule has 2 fully saturated rings. The Kier molecular flexibility index (Phi) is 14.5. The van der Waals surface area contributed by atoms with E-state index in [0.717, 1.165) is 110 Å². The van der Waals surface area contributed by atoms with Gasteiger partial charge in [0.05, 0.1) is 0 Å². The number of halogens is 1. The second-order valence-electron chi connectivity index (χ2n) is 15.6. The molecule has 7 rings (SSSR count). The van der Waals surface area contributed by atoms with E-state index in [1.54, 1.807) is 23.1 Å². The SMILES string of the molecule is O=C1CCC(N2Cc3c(NCCCCCCC(=O)N4CCN(CCOc5ccc(C(=C(CCCl)c6ccccc6)c6ccc(O)cc6)cc5)CC4)cccc3C2=O)C(=O)N1. The molecule has 0 radical (unpaired) electrons. The first kappa shape index (κ1) is 42.5. The molecular weight excluding hydrogens is 778 g/mol. The number of aromatic hydroxyl groups is 1. The summed E-state index contributed by atoms with van der Waals surface area (Å²) in [5.74, 6) is 0.850. The minimum atomic E-state index is -0.628. The normalized spacial score (nSPS) is 17.3. The third-order valence-corrected chi connectivity index (χ3v) is 11.9. The fourth-order valence-corrected chi connectivity index (χ4v) is 8.60. The Bertz CT molecular complexity index is 2150. The van der Waals surface area contributed by atoms with Crippen LogP contribution in [-0.4, -0.2) is 101 Å². The molecule has 4 aromatic rings. The summed E-state index contributed by atoms with van der Waals surface area (Å²) in [6.07, 6.45) is 5.58. The van der Waals surface area contributed by atoms with Gasteiger partial charge < -0.3 is 25.0 Å². The van der Waals surface area contributed by atoms with Crippen LogP contribution in [0.15, 0.2) is 97.1 Å². The number of benzene rings is 4. The number of nitrogens with one attached hydrogen (secondary N) is 2. The van der Waals surface area contributed by atoms with Crippen LogP contribution in [0.1, 0.15) is 84.0 Å². The summed E-state index contributed by atoms with van der Waals surface area (Å²) in [6.45, 7) is 5.52. The lowest BCUT2D eigenvalue weighted by molar-refractivity contribution is -0.137. The lowest BCUT2D eigenvalue weighted by Crippen LogP contribution is -2.52. The molecule has 2 saturated heterocycles. The van der Waals surface area contributed by atoms with E-state index in [1.165, 1.54) is 0 Å². The van der Waals surface area contributed by atoms with Gasteiger partial charge in [-0.05, 0) is 89.9 Å². The number of alkyl halides is 1. The summed E-state index contributed by atoms with van der Waals surface area (Å²) in [6, 6.07) is 30.7. The van der Waals surface area contributed by atoms with Crippen molar-refractivity contribution in [1.82, 2.24) is 20.0 Å². The number of rotatable bonds is 18. The zero-order valence-electron chi connectivity index (χ0n) is 34.0. The molecule has 4 aromatic carbocycles. The quantitative estimate of drug-likeness (QED) is 0.0412. The Morgan fingerprint density at radius 3 is 2.23 bits per heavy atom. The fourth-order valence-electron chi connectivity index (χ4n) is 8.41. The van der Waals surface area contributed by atoms with Gasteiger partial charge >= 0.3 is 0 Å². The molecule has 3 heterocycles. The number of fused-ring (bicyclic) bond motifs is 1. The number of carbonyl (C=O) groups is 4. The van der Waals surface area contributed by atoms with Gasteiger partial charge in [-0.15, -0.1) is 11.6 Å². The van der Waals surface area contributed by atoms with Crippen molar-refractivity contribution in [3.63, 3.8) is 0 Å². The van der Waals surface area contributed by atoms with E-state index in [2.05, 4.69) is 39.8 Å². The van der Waals surface area contributed by atoms with Crippen LogP contribution in [0.2, 0.25) is 0 Å². The highest BCUT2D eigenvalue weighted by Crippen LogP contribution is 2.36. The maximum absolute atomic E-state index is 13.1. The number of unbranched alkanes of at least 4 members (excludes halogenated alkanes) is 3. The molecule has 3 N–H and O–H groups in total. The first-order valence-corrected chi connectivity index (χ1v) is 21.7. The second kappa shape index (κ2) is 20.5. The van der Waals surface area contributed by atoms with E-state index in [0.29, 0.717) is 43.9 Å². The van der Waals surface area contributed by atoms with Crippen LogP contribution >= 0.6 is 11.6 Å². The van der Waals surface area contributed by atoms with Gasteiger partial charge in [-0.2, -0.15) is 0 Å². The van der Waals surface area contributed by atoms with Crippen LogP contribution in [0.3, 0.4) is 0 Å². The van der Waals surface area contributed by atoms with Gasteiger partial charge in [-0.1, -0.05) is 73.5 Å². The topological polar surface area (TPSA) is 132 Å². The van der Waals surface area contributed by atoms with Crippen molar-refractivity contribution in [2.75, 3.05) is 57.1 Å². The average molecular weight is 832 g/mol. The molecule has 0 bridgehead atoms. The lowest BCUT2D eigenvalue weighted by atomic mass is 9.88. The maximum atomic E-state index is 13.1. The zero-order valence-corrected chi connectivity index (χ0v) is 34.8. The standard InChI is InChI=1S/C48H54ClN5O6/c49-25-24-39(34-9-4-3-5-10-34)46(35-14-18-37(55)19-15-35)36-16-20-38(21-17-36)60-32-31-52-27-29-53(30-28-52)45(57)13-6-1-2-7-26-50-42-12-8-11-40-41(42)33-54(48(40)59)43-22-23-44(56)51-47(43)58/h3-5,8-12,14-21,43,50,55H,1-2,6-7,13,22-33H2,(H,51,56,58). The molecule has 1 atom stereocenters. The number of phenols is 1. The number of hydrogen-bond acceptors (Lipinski definition) is 8. The molecule has 12 heteroatoms. The van der Waals surface area contributed by atoms with E-state index in [4.69, 9.17) is 16.3 Å². The number of piperazine rings is 1. The van der Waals surface area contributed by atoms with E-state index in [1.807, 2.05) is 59.5 Å². The Morgan fingerprint density at radius 1 is 0.800 bits per heavy atom. The van der Waals surface area contributed by atoms with Crippen LogP contribution < -0.4 is 15.4 Å². The molecule has 1 unspecified atom stereocenters. The molecule has 3 aliphatic heterocycles. The van der Waals surface area contributed by atoms with Crippen molar-refractivity contribution in [3.05, 3.63) is 125 Å². The smallest absolute Gasteiger partial charge is 0.255 e. The molecule has 4 amide bonds. The predicted octanol–water partition coefficient (Wildman–Crippen LogP) is 7.33. The van der Waals surface area contributed by atoms with Gasteiger partial charge in [0.25, 0.3) is 5.91 Å². The van der Waals surface area contributed by atoms with Crippen molar-refractivity contribution >= 4 is 52.1 Å². The summed E-state index contributed by atoms with van der Waals surface area (Å²) in [5, 5.41) is 15.8. The molecular formula is C48H54ClN5O6. The zero-order chi connectivity index (χ0) is 41.8. The number of imide groups is 1. The van der Waals surface area contributed by atoms with Crippen molar-refractivity contribution in [3.8, 4) is 11.5 Å². The van der Waals surface area contributed by atoms with E-state index < -0.39 is 11.9 Å². The molecule has 0 saturated carbocycles. The van der Waals surface area contributed by atoms with Crippen LogP contribution in [0.25, 0.3) is 11.1 Å². The Balaban J connectivity index is 0.797. The summed E-state index contributed by atoms with van der Waals surface area (Å²) in [4.78, 5) is 56.0. The van der Waals surface area contributed by atoms with E-state index in [9.17, 15) is 24.3 Å². The molecule has 314 valence electrons. The van der Waals surface area contributed by atoms with Gasteiger partial charge in [0.15, 0.2) is 0 Å². The van der Waals surface area contributed by atoms with Gasteiger partial charge in [0, 0.05) is 81.3 Å². The number of phenolic OH excluding ortho intramolecular Hbond substituents is 1. The maximum Gasteiger partial charge on any atom is 0.255 e. The molecule has 11 nitrogen and oxygen atoms in total. The van der Waals surface area contributed by atoms with Gasteiger partial charge in [-0.3, -0.25) is 29.4 Å². The average Bonchev–Trinajstić information content (AvgIpc) is 3.60. The molecule has 60 heavy (non-hydrogen) atoms. The van der Waals surface area contributed by atoms with Crippen molar-refractivity contribution in [2.24, 2.45) is 0 Å². The first-order chi connectivity index (χ1) is 29.3. The van der Waals surface area contributed by atoms with Crippen molar-refractivity contribution in [2.45, 2.75) is 64.0 Å². The molecule has 0 aliphatic carbocycles. The van der Waals surface area contributed by atoms with Gasteiger partial charge in [0.2, 0.25) is 17.7 Å². The van der Waals surface area contributed by atoms with Crippen LogP contribution in [-0.2, 0) is 20.9 Å². The monoisotopic (exact) mass is 831 g/mol. The number of hydrogen-bond donors (Lipinski definition) is 3. The van der Waals surface area contributed by atoms with Crippen LogP contribution in [0.5, 0.6) is 11.5 Å². The second-order valence-corrected chi connectivity index (χ2v) is 16.0. The Labute approximate surface area is 357 Å². The number of amides is 4. The minimum Gasteiger partial charge on any atom is -0.508 e. The highest BCUT2D eigenvalue weighted by molar-refractivity contribution is 6.18. The number of anilines is 1. The summed E-state index contributed by atoms with van der Waals surface area (Å²) in [7, 11) is 0. The number of nitrogens with zero attached hydrogens (tertiary/aromatic N) is 3. The summed E-state index contributed by atoms with van der Waals surface area (Å²) in [5.41, 5.74) is 7.77. The summed E-state index contributed by atoms with van der Waals surface area (Å²) < 4.78 is 6.17. The third-order valence-electron chi connectivity index (χ3n) is 11.7. The van der Waals surface area contributed by atoms with Crippen LogP contribution in [0, 0.1) is 0 Å². The van der Waals surface area contributed by atoms with Crippen molar-refractivity contribution in [1.29, 1.82) is 0 Å². The fraction of sp³-hybridized carbons (Fsp3) is 0.375.